The van der Waals surface area contributed by atoms with Crippen LogP contribution in [0.5, 0.6) is 0 Å². The van der Waals surface area contributed by atoms with E-state index in [4.69, 9.17) is 4.52 Å². The molecule has 0 N–H and O–H groups in total. The monoisotopic (exact) mass is 275 g/mol. The van der Waals surface area contributed by atoms with Crippen LogP contribution in [0.3, 0.4) is 0 Å². The summed E-state index contributed by atoms with van der Waals surface area (Å²) in [5.74, 6) is 2.23. The number of fused-ring (bicyclic) bond motifs is 1. The molecule has 0 aromatic carbocycles. The van der Waals surface area contributed by atoms with E-state index in [-0.39, 0.29) is 0 Å². The first-order valence-corrected chi connectivity index (χ1v) is 7.82. The van der Waals surface area contributed by atoms with Gasteiger partial charge in [0.15, 0.2) is 5.82 Å². The Hall–Kier alpha value is -1.20. The summed E-state index contributed by atoms with van der Waals surface area (Å²) in [6.07, 6.45) is 3.56. The van der Waals surface area contributed by atoms with Crippen LogP contribution in [-0.4, -0.2) is 21.6 Å². The molecule has 4 nitrogen and oxygen atoms in total. The van der Waals surface area contributed by atoms with E-state index in [1.807, 2.05) is 11.3 Å². The summed E-state index contributed by atoms with van der Waals surface area (Å²) in [4.78, 5) is 8.51. The molecule has 3 heterocycles. The van der Waals surface area contributed by atoms with Crippen molar-refractivity contribution in [3.63, 3.8) is 0 Å². The van der Waals surface area contributed by atoms with E-state index in [0.29, 0.717) is 12.0 Å². The Kier molecular flexibility index (Phi) is 2.70. The molecule has 0 bridgehead atoms. The molecule has 5 heteroatoms. The second kappa shape index (κ2) is 4.42. The molecule has 1 aliphatic heterocycles. The summed E-state index contributed by atoms with van der Waals surface area (Å²) >= 11 is 1.88. The van der Waals surface area contributed by atoms with Crippen molar-refractivity contribution in [1.29, 1.82) is 0 Å². The van der Waals surface area contributed by atoms with Crippen LogP contribution in [0.25, 0.3) is 0 Å². The Morgan fingerprint density at radius 2 is 2.37 bits per heavy atom. The second-order valence-corrected chi connectivity index (χ2v) is 6.52. The van der Waals surface area contributed by atoms with Gasteiger partial charge in [-0.2, -0.15) is 4.98 Å². The van der Waals surface area contributed by atoms with Crippen LogP contribution in [0.1, 0.15) is 53.9 Å². The van der Waals surface area contributed by atoms with Crippen molar-refractivity contribution < 1.29 is 4.52 Å². The maximum absolute atomic E-state index is 5.33. The molecule has 0 saturated heterocycles. The maximum Gasteiger partial charge on any atom is 0.229 e. The zero-order valence-electron chi connectivity index (χ0n) is 11.0. The van der Waals surface area contributed by atoms with Gasteiger partial charge in [-0.3, -0.25) is 4.90 Å². The molecule has 2 aliphatic rings. The first kappa shape index (κ1) is 11.6. The number of hydrogen-bond donors (Lipinski definition) is 0. The molecule has 1 saturated carbocycles. The van der Waals surface area contributed by atoms with E-state index in [1.54, 1.807) is 0 Å². The van der Waals surface area contributed by atoms with Crippen molar-refractivity contribution in [3.05, 3.63) is 33.6 Å². The molecule has 1 fully saturated rings. The zero-order valence-corrected chi connectivity index (χ0v) is 11.8. The van der Waals surface area contributed by atoms with Gasteiger partial charge in [0.2, 0.25) is 5.89 Å². The Labute approximate surface area is 116 Å². The standard InChI is InChI=1S/C14H17N3OS/c1-9-11-5-7-19-12(11)4-6-17(9)8-13-15-14(18-16-13)10-2-3-10/h5,7,9-10H,2-4,6,8H2,1H3. The highest BCUT2D eigenvalue weighted by Crippen LogP contribution is 2.39. The third kappa shape index (κ3) is 2.11. The van der Waals surface area contributed by atoms with Gasteiger partial charge in [0.05, 0.1) is 6.54 Å². The Balaban J connectivity index is 1.50. The maximum atomic E-state index is 5.33. The van der Waals surface area contributed by atoms with E-state index in [9.17, 15) is 0 Å². The highest BCUT2D eigenvalue weighted by Gasteiger charge is 2.31. The van der Waals surface area contributed by atoms with E-state index < -0.39 is 0 Å². The third-order valence-electron chi connectivity index (χ3n) is 4.16. The number of rotatable bonds is 3. The van der Waals surface area contributed by atoms with Crippen LogP contribution in [0, 0.1) is 0 Å². The second-order valence-electron chi connectivity index (χ2n) is 5.52. The van der Waals surface area contributed by atoms with E-state index >= 15 is 0 Å². The molecule has 19 heavy (non-hydrogen) atoms. The van der Waals surface area contributed by atoms with Gasteiger partial charge in [0, 0.05) is 23.4 Å². The lowest BCUT2D eigenvalue weighted by molar-refractivity contribution is 0.184. The fourth-order valence-electron chi connectivity index (χ4n) is 2.79. The molecule has 4 rings (SSSR count). The SMILES string of the molecule is CC1c2ccsc2CCN1Cc1noc(C2CC2)n1. The molecule has 0 spiro atoms. The topological polar surface area (TPSA) is 42.2 Å². The average Bonchev–Trinajstić information content (AvgIpc) is 2.98. The van der Waals surface area contributed by atoms with Gasteiger partial charge in [0.25, 0.3) is 0 Å². The van der Waals surface area contributed by atoms with Crippen LogP contribution in [0.4, 0.5) is 0 Å². The average molecular weight is 275 g/mol. The van der Waals surface area contributed by atoms with Gasteiger partial charge in [-0.05, 0) is 43.2 Å². The van der Waals surface area contributed by atoms with E-state index in [0.717, 1.165) is 31.2 Å². The molecule has 0 radical (unpaired) electrons. The fraction of sp³-hybridized carbons (Fsp3) is 0.571. The summed E-state index contributed by atoms with van der Waals surface area (Å²) < 4.78 is 5.33. The first-order chi connectivity index (χ1) is 9.31. The molecular weight excluding hydrogens is 258 g/mol. The Morgan fingerprint density at radius 1 is 1.47 bits per heavy atom. The normalized spacial score (nSPS) is 23.5. The van der Waals surface area contributed by atoms with Crippen LogP contribution in [0.15, 0.2) is 16.0 Å². The molecule has 0 amide bonds. The minimum atomic E-state index is 0.456. The van der Waals surface area contributed by atoms with Crippen LogP contribution < -0.4 is 0 Å². The summed E-state index contributed by atoms with van der Waals surface area (Å²) in [6, 6.07) is 2.71. The van der Waals surface area contributed by atoms with Crippen molar-refractivity contribution >= 4 is 11.3 Å². The minimum Gasteiger partial charge on any atom is -0.339 e. The largest absolute Gasteiger partial charge is 0.339 e. The van der Waals surface area contributed by atoms with Gasteiger partial charge in [-0.1, -0.05) is 5.16 Å². The van der Waals surface area contributed by atoms with Crippen molar-refractivity contribution in [3.8, 4) is 0 Å². The summed E-state index contributed by atoms with van der Waals surface area (Å²) in [5.41, 5.74) is 1.47. The molecule has 1 unspecified atom stereocenters. The number of nitrogens with zero attached hydrogens (tertiary/aromatic N) is 3. The molecule has 2 aromatic heterocycles. The van der Waals surface area contributed by atoms with E-state index in [2.05, 4.69) is 33.4 Å². The predicted octanol–water partition coefficient (Wildman–Crippen LogP) is 3.13. The van der Waals surface area contributed by atoms with Crippen LogP contribution >= 0.6 is 11.3 Å². The number of hydrogen-bond acceptors (Lipinski definition) is 5. The predicted molar refractivity (Wildman–Crippen MR) is 73.1 cm³/mol. The molecule has 1 aliphatic carbocycles. The number of thiophene rings is 1. The highest BCUT2D eigenvalue weighted by atomic mass is 32.1. The molecule has 2 aromatic rings. The lowest BCUT2D eigenvalue weighted by Gasteiger charge is -2.32. The zero-order chi connectivity index (χ0) is 12.8. The summed E-state index contributed by atoms with van der Waals surface area (Å²) in [7, 11) is 0. The van der Waals surface area contributed by atoms with E-state index in [1.165, 1.54) is 23.3 Å². The minimum absolute atomic E-state index is 0.456. The van der Waals surface area contributed by atoms with Crippen molar-refractivity contribution in [2.45, 2.75) is 44.7 Å². The first-order valence-electron chi connectivity index (χ1n) is 6.94. The molecular formula is C14H17N3OS. The van der Waals surface area contributed by atoms with Gasteiger partial charge in [0.1, 0.15) is 0 Å². The third-order valence-corrected chi connectivity index (χ3v) is 5.16. The van der Waals surface area contributed by atoms with Gasteiger partial charge >= 0.3 is 0 Å². The molecule has 1 atom stereocenters. The smallest absolute Gasteiger partial charge is 0.229 e. The lowest BCUT2D eigenvalue weighted by atomic mass is 10.0. The van der Waals surface area contributed by atoms with Gasteiger partial charge < -0.3 is 4.52 Å². The van der Waals surface area contributed by atoms with Crippen molar-refractivity contribution in [1.82, 2.24) is 15.0 Å². The molecule has 100 valence electrons. The fourth-order valence-corrected chi connectivity index (χ4v) is 3.75. The Morgan fingerprint density at radius 3 is 3.21 bits per heavy atom. The van der Waals surface area contributed by atoms with Crippen LogP contribution in [0.2, 0.25) is 0 Å². The summed E-state index contributed by atoms with van der Waals surface area (Å²) in [6.45, 7) is 4.15. The van der Waals surface area contributed by atoms with Gasteiger partial charge in [-0.15, -0.1) is 11.3 Å². The van der Waals surface area contributed by atoms with Crippen molar-refractivity contribution in [2.24, 2.45) is 0 Å². The number of aromatic nitrogens is 2. The Bertz CT molecular complexity index is 587. The quantitative estimate of drug-likeness (QED) is 0.863. The van der Waals surface area contributed by atoms with Crippen LogP contribution in [-0.2, 0) is 13.0 Å². The lowest BCUT2D eigenvalue weighted by Crippen LogP contribution is -2.33. The van der Waals surface area contributed by atoms with Crippen molar-refractivity contribution in [2.75, 3.05) is 6.54 Å². The summed E-state index contributed by atoms with van der Waals surface area (Å²) in [5, 5.41) is 6.32. The highest BCUT2D eigenvalue weighted by molar-refractivity contribution is 7.10. The van der Waals surface area contributed by atoms with Gasteiger partial charge in [-0.25, -0.2) is 0 Å².